The van der Waals surface area contributed by atoms with Crippen molar-refractivity contribution in [3.63, 3.8) is 0 Å². The van der Waals surface area contributed by atoms with E-state index in [0.29, 0.717) is 26.2 Å². The Balaban J connectivity index is 1.37. The van der Waals surface area contributed by atoms with Crippen LogP contribution >= 0.6 is 0 Å². The molecular weight excluding hydrogens is 540 g/mol. The number of nitrogens with zero attached hydrogens (tertiary/aromatic N) is 4. The van der Waals surface area contributed by atoms with E-state index in [9.17, 15) is 23.3 Å². The predicted molar refractivity (Wildman–Crippen MR) is 157 cm³/mol. The fraction of sp³-hybridized carbons (Fsp3) is 0.194. The van der Waals surface area contributed by atoms with E-state index < -0.39 is 21.5 Å². The van der Waals surface area contributed by atoms with E-state index in [0.717, 1.165) is 15.4 Å². The zero-order chi connectivity index (χ0) is 28.8. The molecule has 10 heteroatoms. The van der Waals surface area contributed by atoms with Gasteiger partial charge in [-0.1, -0.05) is 84.9 Å². The molecule has 5 rings (SSSR count). The molecule has 1 amide bonds. The quantitative estimate of drug-likeness (QED) is 0.213. The molecule has 0 aromatic heterocycles. The van der Waals surface area contributed by atoms with E-state index in [1.807, 2.05) is 36.4 Å². The van der Waals surface area contributed by atoms with Crippen molar-refractivity contribution in [2.75, 3.05) is 37.0 Å². The van der Waals surface area contributed by atoms with Gasteiger partial charge in [0.15, 0.2) is 0 Å². The lowest BCUT2D eigenvalue weighted by atomic mass is 9.96. The lowest BCUT2D eigenvalue weighted by Gasteiger charge is -2.40. The first-order valence-electron chi connectivity index (χ1n) is 13.3. The van der Waals surface area contributed by atoms with Crippen molar-refractivity contribution in [2.45, 2.75) is 10.9 Å². The number of non-ortho nitro benzene ring substituents is 1. The number of benzene rings is 4. The highest BCUT2D eigenvalue weighted by atomic mass is 32.2. The molecule has 4 aromatic carbocycles. The predicted octanol–water partition coefficient (Wildman–Crippen LogP) is 4.72. The van der Waals surface area contributed by atoms with Gasteiger partial charge in [-0.2, -0.15) is 0 Å². The van der Waals surface area contributed by atoms with Crippen molar-refractivity contribution in [2.24, 2.45) is 0 Å². The number of amides is 1. The lowest BCUT2D eigenvalue weighted by molar-refractivity contribution is -0.384. The molecular formula is C31H30N4O5S. The highest BCUT2D eigenvalue weighted by molar-refractivity contribution is 7.92. The number of anilines is 1. The second-order valence-corrected chi connectivity index (χ2v) is 11.6. The maximum absolute atomic E-state index is 13.7. The van der Waals surface area contributed by atoms with Gasteiger partial charge in [-0.25, -0.2) is 8.42 Å². The number of nitro groups is 1. The summed E-state index contributed by atoms with van der Waals surface area (Å²) in [6.07, 6.45) is 0. The molecule has 0 atom stereocenters. The average molecular weight is 571 g/mol. The number of sulfonamides is 1. The third kappa shape index (κ3) is 6.29. The molecule has 9 nitrogen and oxygen atoms in total. The minimum Gasteiger partial charge on any atom is -0.339 e. The second kappa shape index (κ2) is 12.3. The van der Waals surface area contributed by atoms with Gasteiger partial charge < -0.3 is 4.90 Å². The Morgan fingerprint density at radius 2 is 1.32 bits per heavy atom. The zero-order valence-corrected chi connectivity index (χ0v) is 23.1. The zero-order valence-electron chi connectivity index (χ0n) is 22.3. The first kappa shape index (κ1) is 28.0. The Bertz CT molecular complexity index is 1550. The highest BCUT2D eigenvalue weighted by Crippen LogP contribution is 2.30. The third-order valence-electron chi connectivity index (χ3n) is 7.20. The van der Waals surface area contributed by atoms with Crippen LogP contribution < -0.4 is 4.31 Å². The molecule has 0 radical (unpaired) electrons. The van der Waals surface area contributed by atoms with Crippen LogP contribution in [0.25, 0.3) is 0 Å². The largest absolute Gasteiger partial charge is 0.339 e. The van der Waals surface area contributed by atoms with Gasteiger partial charge in [0.2, 0.25) is 5.91 Å². The van der Waals surface area contributed by atoms with Gasteiger partial charge in [0.25, 0.3) is 15.7 Å². The average Bonchev–Trinajstić information content (AvgIpc) is 3.01. The molecule has 1 heterocycles. The summed E-state index contributed by atoms with van der Waals surface area (Å²) in [4.78, 5) is 28.4. The number of hydrogen-bond donors (Lipinski definition) is 0. The van der Waals surface area contributed by atoms with Gasteiger partial charge in [0.05, 0.1) is 21.5 Å². The minimum atomic E-state index is -4.17. The SMILES string of the molecule is O=C(CN(c1cccc([N+](=O)[O-])c1)S(=O)(=O)c1ccccc1)N1CCN(C(c2ccccc2)c2ccccc2)CC1. The van der Waals surface area contributed by atoms with Crippen LogP contribution in [0.2, 0.25) is 0 Å². The number of carbonyl (C=O) groups is 1. The van der Waals surface area contributed by atoms with E-state index in [2.05, 4.69) is 29.2 Å². The van der Waals surface area contributed by atoms with Crippen molar-refractivity contribution in [3.8, 4) is 0 Å². The van der Waals surface area contributed by atoms with Crippen molar-refractivity contribution < 1.29 is 18.1 Å². The molecule has 0 unspecified atom stereocenters. The molecule has 0 N–H and O–H groups in total. The molecule has 0 saturated carbocycles. The van der Waals surface area contributed by atoms with Gasteiger partial charge in [0, 0.05) is 38.3 Å². The van der Waals surface area contributed by atoms with E-state index in [1.54, 1.807) is 23.1 Å². The van der Waals surface area contributed by atoms with E-state index in [-0.39, 0.29) is 28.2 Å². The fourth-order valence-electron chi connectivity index (χ4n) is 5.13. The number of nitro benzene ring substituents is 1. The monoisotopic (exact) mass is 570 g/mol. The summed E-state index contributed by atoms with van der Waals surface area (Å²) in [5, 5.41) is 11.4. The Morgan fingerprint density at radius 3 is 1.85 bits per heavy atom. The molecule has 210 valence electrons. The van der Waals surface area contributed by atoms with Crippen LogP contribution in [0.3, 0.4) is 0 Å². The molecule has 1 aliphatic rings. The van der Waals surface area contributed by atoms with Crippen LogP contribution in [0, 0.1) is 10.1 Å². The van der Waals surface area contributed by atoms with E-state index in [1.165, 1.54) is 36.4 Å². The molecule has 41 heavy (non-hydrogen) atoms. The highest BCUT2D eigenvalue weighted by Gasteiger charge is 2.32. The second-order valence-electron chi connectivity index (χ2n) is 9.74. The van der Waals surface area contributed by atoms with Crippen LogP contribution in [0.1, 0.15) is 17.2 Å². The van der Waals surface area contributed by atoms with Crippen LogP contribution in [-0.4, -0.2) is 61.8 Å². The molecule has 0 spiro atoms. The number of hydrogen-bond acceptors (Lipinski definition) is 6. The smallest absolute Gasteiger partial charge is 0.271 e. The van der Waals surface area contributed by atoms with E-state index in [4.69, 9.17) is 0 Å². The van der Waals surface area contributed by atoms with Gasteiger partial charge >= 0.3 is 0 Å². The summed E-state index contributed by atoms with van der Waals surface area (Å²) in [6, 6.07) is 33.5. The van der Waals surface area contributed by atoms with Gasteiger partial charge in [0.1, 0.15) is 6.54 Å². The lowest BCUT2D eigenvalue weighted by Crippen LogP contribution is -2.52. The van der Waals surface area contributed by atoms with Crippen LogP contribution in [0.15, 0.2) is 120 Å². The third-order valence-corrected chi connectivity index (χ3v) is 8.99. The van der Waals surface area contributed by atoms with E-state index >= 15 is 0 Å². The standard InChI is InChI=1S/C31H30N4O5S/c36-30(24-34(27-15-10-16-28(23-27)35(37)38)41(39,40)29-17-8-3-9-18-29)32-19-21-33(22-20-32)31(25-11-4-1-5-12-25)26-13-6-2-7-14-26/h1-18,23,31H,19-22,24H2. The summed E-state index contributed by atoms with van der Waals surface area (Å²) < 4.78 is 28.3. The normalized spacial score (nSPS) is 14.1. The van der Waals surface area contributed by atoms with Crippen LogP contribution in [-0.2, 0) is 14.8 Å². The topological polar surface area (TPSA) is 104 Å². The molecule has 1 saturated heterocycles. The number of piperazine rings is 1. The summed E-state index contributed by atoms with van der Waals surface area (Å²) >= 11 is 0. The Kier molecular flexibility index (Phi) is 8.42. The Labute approximate surface area is 239 Å². The molecule has 1 aliphatic heterocycles. The Morgan fingerprint density at radius 1 is 0.780 bits per heavy atom. The molecule has 0 aliphatic carbocycles. The van der Waals surface area contributed by atoms with Crippen molar-refractivity contribution in [1.82, 2.24) is 9.80 Å². The van der Waals surface area contributed by atoms with Crippen molar-refractivity contribution in [3.05, 3.63) is 137 Å². The number of rotatable bonds is 9. The fourth-order valence-corrected chi connectivity index (χ4v) is 6.56. The van der Waals surface area contributed by atoms with Gasteiger partial charge in [-0.3, -0.25) is 24.1 Å². The Hall–Kier alpha value is -4.54. The maximum atomic E-state index is 13.7. The number of carbonyl (C=O) groups excluding carboxylic acids is 1. The van der Waals surface area contributed by atoms with Crippen LogP contribution in [0.5, 0.6) is 0 Å². The van der Waals surface area contributed by atoms with Gasteiger partial charge in [-0.05, 0) is 29.3 Å². The summed E-state index contributed by atoms with van der Waals surface area (Å²) in [5.41, 5.74) is 2.11. The molecule has 4 aromatic rings. The van der Waals surface area contributed by atoms with Crippen LogP contribution in [0.4, 0.5) is 11.4 Å². The molecule has 1 fully saturated rings. The van der Waals surface area contributed by atoms with Gasteiger partial charge in [-0.15, -0.1) is 0 Å². The molecule has 0 bridgehead atoms. The summed E-state index contributed by atoms with van der Waals surface area (Å²) in [6.45, 7) is 1.57. The maximum Gasteiger partial charge on any atom is 0.271 e. The summed E-state index contributed by atoms with van der Waals surface area (Å²) in [5.74, 6) is -0.369. The van der Waals surface area contributed by atoms with Crippen molar-refractivity contribution >= 4 is 27.3 Å². The summed E-state index contributed by atoms with van der Waals surface area (Å²) in [7, 11) is -4.17. The minimum absolute atomic E-state index is 0.00214. The first-order chi connectivity index (χ1) is 19.8. The first-order valence-corrected chi connectivity index (χ1v) is 14.7. The van der Waals surface area contributed by atoms with Crippen molar-refractivity contribution in [1.29, 1.82) is 0 Å².